The Morgan fingerprint density at radius 2 is 1.81 bits per heavy atom. The number of rotatable bonds is 6. The Kier molecular flexibility index (Phi) is 8.28. The van der Waals surface area contributed by atoms with Gasteiger partial charge in [0.05, 0.1) is 0 Å². The molecule has 1 N–H and O–H groups in total. The van der Waals surface area contributed by atoms with Gasteiger partial charge < -0.3 is 10.2 Å². The first-order chi connectivity index (χ1) is 18.0. The van der Waals surface area contributed by atoms with E-state index in [0.29, 0.717) is 22.4 Å². The molecule has 194 valence electrons. The standard InChI is InChI=1S/C28H32ClFN6O/c29-25-19-22(30)7-6-21(25)20-34-13-2-3-24(10-14-34)35-15-17-36(18-16-35)27-5-1-4-26(33-27)28(37)32-23-8-11-31-12-9-23/h1,4-9,11-12,19,24H,2-3,10,13-18,20H2,(H,31,32,37). The number of aromatic nitrogens is 2. The molecule has 2 saturated heterocycles. The Bertz CT molecular complexity index is 1200. The summed E-state index contributed by atoms with van der Waals surface area (Å²) in [4.78, 5) is 28.6. The molecule has 9 heteroatoms. The van der Waals surface area contributed by atoms with Crippen LogP contribution in [0.15, 0.2) is 60.9 Å². The third-order valence-electron chi connectivity index (χ3n) is 7.26. The van der Waals surface area contributed by atoms with E-state index in [1.807, 2.05) is 12.1 Å². The van der Waals surface area contributed by atoms with Crippen LogP contribution in [-0.4, -0.2) is 71.0 Å². The fourth-order valence-electron chi connectivity index (χ4n) is 5.22. The first-order valence-corrected chi connectivity index (χ1v) is 13.3. The molecule has 0 saturated carbocycles. The van der Waals surface area contributed by atoms with Gasteiger partial charge in [0.25, 0.3) is 5.91 Å². The van der Waals surface area contributed by atoms with Crippen molar-refractivity contribution in [2.24, 2.45) is 0 Å². The van der Waals surface area contributed by atoms with Crippen molar-refractivity contribution >= 4 is 29.0 Å². The minimum Gasteiger partial charge on any atom is -0.354 e. The van der Waals surface area contributed by atoms with Crippen LogP contribution in [0.5, 0.6) is 0 Å². The van der Waals surface area contributed by atoms with Crippen molar-refractivity contribution < 1.29 is 9.18 Å². The van der Waals surface area contributed by atoms with Crippen molar-refractivity contribution in [2.45, 2.75) is 31.8 Å². The third kappa shape index (κ3) is 6.63. The maximum absolute atomic E-state index is 13.4. The molecule has 7 nitrogen and oxygen atoms in total. The molecule has 2 aliphatic heterocycles. The predicted octanol–water partition coefficient (Wildman–Crippen LogP) is 4.70. The summed E-state index contributed by atoms with van der Waals surface area (Å²) in [5.41, 5.74) is 2.09. The number of amides is 1. The highest BCUT2D eigenvalue weighted by atomic mass is 35.5. The fraction of sp³-hybridized carbons (Fsp3) is 0.393. The van der Waals surface area contributed by atoms with Gasteiger partial charge in [0, 0.05) is 61.9 Å². The van der Waals surface area contributed by atoms with Crippen LogP contribution in [0.3, 0.4) is 0 Å². The normalized spacial score (nSPS) is 19.4. The lowest BCUT2D eigenvalue weighted by atomic mass is 10.1. The number of halogens is 2. The Morgan fingerprint density at radius 1 is 1.00 bits per heavy atom. The number of carbonyl (C=O) groups excluding carboxylic acids is 1. The second-order valence-corrected chi connectivity index (χ2v) is 10.1. The highest BCUT2D eigenvalue weighted by Crippen LogP contribution is 2.24. The van der Waals surface area contributed by atoms with Crippen LogP contribution in [0.25, 0.3) is 0 Å². The molecule has 0 aliphatic carbocycles. The van der Waals surface area contributed by atoms with Crippen LogP contribution >= 0.6 is 11.6 Å². The molecule has 0 bridgehead atoms. The number of pyridine rings is 2. The Morgan fingerprint density at radius 3 is 2.59 bits per heavy atom. The number of nitrogens with zero attached hydrogens (tertiary/aromatic N) is 5. The molecule has 1 amide bonds. The maximum atomic E-state index is 13.4. The first-order valence-electron chi connectivity index (χ1n) is 12.9. The zero-order valence-electron chi connectivity index (χ0n) is 20.8. The van der Waals surface area contributed by atoms with E-state index in [4.69, 9.17) is 11.6 Å². The number of anilines is 2. The molecule has 3 aromatic rings. The van der Waals surface area contributed by atoms with Crippen molar-refractivity contribution in [1.82, 2.24) is 19.8 Å². The average molecular weight is 523 g/mol. The minimum atomic E-state index is -0.293. The maximum Gasteiger partial charge on any atom is 0.274 e. The number of hydrogen-bond acceptors (Lipinski definition) is 6. The van der Waals surface area contributed by atoms with E-state index in [2.05, 4.69) is 30.0 Å². The van der Waals surface area contributed by atoms with Crippen molar-refractivity contribution in [1.29, 1.82) is 0 Å². The smallest absolute Gasteiger partial charge is 0.274 e. The number of hydrogen-bond donors (Lipinski definition) is 1. The molecule has 4 heterocycles. The van der Waals surface area contributed by atoms with Gasteiger partial charge in [0.15, 0.2) is 0 Å². The van der Waals surface area contributed by atoms with E-state index in [-0.39, 0.29) is 11.7 Å². The van der Waals surface area contributed by atoms with Gasteiger partial charge in [-0.1, -0.05) is 23.7 Å². The molecule has 0 radical (unpaired) electrons. The molecule has 2 fully saturated rings. The van der Waals surface area contributed by atoms with Crippen molar-refractivity contribution in [3.63, 3.8) is 0 Å². The SMILES string of the molecule is O=C(Nc1ccncc1)c1cccc(N2CCN(C3CCCN(Cc4ccc(F)cc4Cl)CC3)CC2)n1. The van der Waals surface area contributed by atoms with E-state index in [1.165, 1.54) is 18.6 Å². The monoisotopic (exact) mass is 522 g/mol. The van der Waals surface area contributed by atoms with Crippen LogP contribution in [0.4, 0.5) is 15.9 Å². The van der Waals surface area contributed by atoms with Crippen LogP contribution in [0.2, 0.25) is 5.02 Å². The van der Waals surface area contributed by atoms with Gasteiger partial charge in [-0.05, 0) is 74.3 Å². The largest absolute Gasteiger partial charge is 0.354 e. The zero-order chi connectivity index (χ0) is 25.6. The molecular formula is C28H32ClFN6O. The second kappa shape index (κ2) is 12.0. The molecule has 5 rings (SSSR count). The lowest BCUT2D eigenvalue weighted by molar-refractivity contribution is 0.102. The topological polar surface area (TPSA) is 64.6 Å². The van der Waals surface area contributed by atoms with E-state index < -0.39 is 0 Å². The number of piperazine rings is 1. The quantitative estimate of drug-likeness (QED) is 0.506. The van der Waals surface area contributed by atoms with E-state index in [0.717, 1.165) is 70.0 Å². The molecule has 1 unspecified atom stereocenters. The Balaban J connectivity index is 1.13. The Labute approximate surface area is 222 Å². The van der Waals surface area contributed by atoms with E-state index in [1.54, 1.807) is 36.7 Å². The highest BCUT2D eigenvalue weighted by Gasteiger charge is 2.27. The summed E-state index contributed by atoms with van der Waals surface area (Å²) < 4.78 is 13.4. The predicted molar refractivity (Wildman–Crippen MR) is 145 cm³/mol. The molecular weight excluding hydrogens is 491 g/mol. The summed E-state index contributed by atoms with van der Waals surface area (Å²) in [7, 11) is 0. The zero-order valence-corrected chi connectivity index (χ0v) is 21.6. The number of nitrogens with one attached hydrogen (secondary N) is 1. The minimum absolute atomic E-state index is 0.225. The Hall–Kier alpha value is -3.07. The van der Waals surface area contributed by atoms with E-state index >= 15 is 0 Å². The second-order valence-electron chi connectivity index (χ2n) is 9.69. The number of benzene rings is 1. The fourth-order valence-corrected chi connectivity index (χ4v) is 5.45. The van der Waals surface area contributed by atoms with Crippen LogP contribution in [0, 0.1) is 5.82 Å². The van der Waals surface area contributed by atoms with Crippen LogP contribution in [0.1, 0.15) is 35.3 Å². The summed E-state index contributed by atoms with van der Waals surface area (Å²) in [5, 5.41) is 3.38. The summed E-state index contributed by atoms with van der Waals surface area (Å²) in [6.45, 7) is 6.52. The summed E-state index contributed by atoms with van der Waals surface area (Å²) in [5.74, 6) is 0.320. The van der Waals surface area contributed by atoms with Gasteiger partial charge in [-0.15, -0.1) is 0 Å². The van der Waals surface area contributed by atoms with Crippen LogP contribution in [-0.2, 0) is 6.54 Å². The molecule has 0 spiro atoms. The van der Waals surface area contributed by atoms with Gasteiger partial charge >= 0.3 is 0 Å². The lowest BCUT2D eigenvalue weighted by Crippen LogP contribution is -2.50. The van der Waals surface area contributed by atoms with Crippen LogP contribution < -0.4 is 10.2 Å². The summed E-state index contributed by atoms with van der Waals surface area (Å²) in [6.07, 6.45) is 6.72. The molecule has 1 aromatic carbocycles. The van der Waals surface area contributed by atoms with Crippen molar-refractivity contribution in [3.8, 4) is 0 Å². The van der Waals surface area contributed by atoms with Crippen molar-refractivity contribution in [3.05, 3.63) is 83.0 Å². The summed E-state index contributed by atoms with van der Waals surface area (Å²) >= 11 is 6.26. The molecule has 1 atom stereocenters. The lowest BCUT2D eigenvalue weighted by Gasteiger charge is -2.39. The molecule has 2 aliphatic rings. The van der Waals surface area contributed by atoms with Gasteiger partial charge in [0.2, 0.25) is 0 Å². The van der Waals surface area contributed by atoms with Crippen molar-refractivity contribution in [2.75, 3.05) is 49.5 Å². The molecule has 37 heavy (non-hydrogen) atoms. The highest BCUT2D eigenvalue weighted by molar-refractivity contribution is 6.31. The summed E-state index contributed by atoms with van der Waals surface area (Å²) in [6, 6.07) is 14.4. The number of likely N-dealkylation sites (tertiary alicyclic amines) is 1. The van der Waals surface area contributed by atoms with Gasteiger partial charge in [-0.2, -0.15) is 0 Å². The average Bonchev–Trinajstić information content (AvgIpc) is 3.17. The van der Waals surface area contributed by atoms with Gasteiger partial charge in [-0.3, -0.25) is 19.6 Å². The number of carbonyl (C=O) groups is 1. The van der Waals surface area contributed by atoms with E-state index in [9.17, 15) is 9.18 Å². The van der Waals surface area contributed by atoms with Gasteiger partial charge in [-0.25, -0.2) is 9.37 Å². The third-order valence-corrected chi connectivity index (χ3v) is 7.61. The van der Waals surface area contributed by atoms with Gasteiger partial charge in [0.1, 0.15) is 17.3 Å². The molecule has 2 aromatic heterocycles. The first kappa shape index (κ1) is 25.6.